The van der Waals surface area contributed by atoms with Gasteiger partial charge < -0.3 is 21.7 Å². The molecule has 0 radical (unpaired) electrons. The summed E-state index contributed by atoms with van der Waals surface area (Å²) in [6.45, 7) is 9.61. The summed E-state index contributed by atoms with van der Waals surface area (Å²) in [5, 5.41) is 18.1. The predicted octanol–water partition coefficient (Wildman–Crippen LogP) is 8.73. The Morgan fingerprint density at radius 1 is 0.667 bits per heavy atom. The van der Waals surface area contributed by atoms with Crippen LogP contribution in [0.2, 0.25) is 0 Å². The number of carboxylic acids is 1. The van der Waals surface area contributed by atoms with Gasteiger partial charge in [-0.2, -0.15) is 0 Å². The second-order valence-corrected chi connectivity index (χ2v) is 11.4. The van der Waals surface area contributed by atoms with E-state index in [1.807, 2.05) is 20.8 Å². The number of rotatable bonds is 23. The standard InChI is InChI=1S/C22H44O2.C8H20N2O.ClH/c1-2-3-4-5-6-7-8-9-10-11-12-13-14-15-16-17-18-19-20-21-22(23)24;1-5-6(9)7(2,3)8(4,10)11;/h2-21H2,1H3,(H,23,24);6,11H,5,9-10H2,1-4H3;1H. The number of unbranched alkanes of at least 4 members (excludes halogenated alkanes) is 18. The summed E-state index contributed by atoms with van der Waals surface area (Å²) in [6, 6.07) is -0.0671. The Morgan fingerprint density at radius 2 is 0.944 bits per heavy atom. The molecule has 0 rings (SSSR count). The molecule has 0 saturated carbocycles. The highest BCUT2D eigenvalue weighted by Crippen LogP contribution is 2.30. The Hall–Kier alpha value is -0.360. The fourth-order valence-corrected chi connectivity index (χ4v) is 4.24. The summed E-state index contributed by atoms with van der Waals surface area (Å²) in [7, 11) is 0. The van der Waals surface area contributed by atoms with Gasteiger partial charge in [-0.25, -0.2) is 0 Å². The third-order valence-corrected chi connectivity index (χ3v) is 7.67. The molecule has 0 aliphatic carbocycles. The molecule has 0 heterocycles. The van der Waals surface area contributed by atoms with Crippen LogP contribution in [-0.2, 0) is 4.79 Å². The Bertz CT molecular complexity index is 468. The van der Waals surface area contributed by atoms with Gasteiger partial charge in [-0.3, -0.25) is 4.79 Å². The fraction of sp³-hybridized carbons (Fsp3) is 0.967. The van der Waals surface area contributed by atoms with Crippen LogP contribution < -0.4 is 11.5 Å². The molecule has 6 N–H and O–H groups in total. The van der Waals surface area contributed by atoms with E-state index in [2.05, 4.69) is 6.92 Å². The average Bonchev–Trinajstić information content (AvgIpc) is 2.79. The SMILES string of the molecule is CCC(N)C(C)(C)C(C)(N)O.CCCCCCCCCCCCCCCCCCCCCC(=O)O.Cl. The summed E-state index contributed by atoms with van der Waals surface area (Å²) in [4.78, 5) is 10.4. The van der Waals surface area contributed by atoms with Gasteiger partial charge in [0, 0.05) is 17.9 Å². The summed E-state index contributed by atoms with van der Waals surface area (Å²) >= 11 is 0. The second-order valence-electron chi connectivity index (χ2n) is 11.4. The fourth-order valence-electron chi connectivity index (χ4n) is 4.24. The van der Waals surface area contributed by atoms with Gasteiger partial charge in [0.25, 0.3) is 0 Å². The number of carbonyl (C=O) groups is 1. The minimum absolute atomic E-state index is 0. The van der Waals surface area contributed by atoms with Crippen LogP contribution in [0.5, 0.6) is 0 Å². The number of aliphatic hydroxyl groups is 1. The molecule has 0 aromatic heterocycles. The molecule has 2 atom stereocenters. The van der Waals surface area contributed by atoms with Crippen LogP contribution >= 0.6 is 12.4 Å². The molecule has 0 amide bonds. The minimum Gasteiger partial charge on any atom is -0.481 e. The highest BCUT2D eigenvalue weighted by atomic mass is 35.5. The highest BCUT2D eigenvalue weighted by Gasteiger charge is 2.39. The summed E-state index contributed by atoms with van der Waals surface area (Å²) in [6.07, 6.45) is 26.9. The Morgan fingerprint density at radius 3 is 1.14 bits per heavy atom. The van der Waals surface area contributed by atoms with Crippen molar-refractivity contribution in [1.29, 1.82) is 0 Å². The zero-order valence-corrected chi connectivity index (χ0v) is 25.6. The lowest BCUT2D eigenvalue weighted by molar-refractivity contribution is -0.137. The quantitative estimate of drug-likeness (QED) is 0.0770. The van der Waals surface area contributed by atoms with E-state index in [4.69, 9.17) is 16.6 Å². The molecule has 0 aromatic rings. The first-order chi connectivity index (χ1) is 16.5. The lowest BCUT2D eigenvalue weighted by Crippen LogP contribution is -2.58. The third kappa shape index (κ3) is 25.3. The predicted molar refractivity (Wildman–Crippen MR) is 160 cm³/mol. The van der Waals surface area contributed by atoms with Gasteiger partial charge in [0.2, 0.25) is 0 Å². The van der Waals surface area contributed by atoms with E-state index < -0.39 is 17.1 Å². The maximum absolute atomic E-state index is 10.4. The van der Waals surface area contributed by atoms with Crippen LogP contribution in [0.4, 0.5) is 0 Å². The maximum atomic E-state index is 10.4. The summed E-state index contributed by atoms with van der Waals surface area (Å²) < 4.78 is 0. The van der Waals surface area contributed by atoms with Gasteiger partial charge in [-0.05, 0) is 19.8 Å². The topological polar surface area (TPSA) is 110 Å². The van der Waals surface area contributed by atoms with E-state index in [-0.39, 0.29) is 18.4 Å². The Balaban J connectivity index is -0.000000764. The largest absolute Gasteiger partial charge is 0.481 e. The van der Waals surface area contributed by atoms with E-state index in [1.54, 1.807) is 6.92 Å². The zero-order valence-electron chi connectivity index (χ0n) is 24.8. The van der Waals surface area contributed by atoms with Crippen molar-refractivity contribution < 1.29 is 15.0 Å². The van der Waals surface area contributed by atoms with E-state index in [0.29, 0.717) is 6.42 Å². The van der Waals surface area contributed by atoms with Gasteiger partial charge >= 0.3 is 5.97 Å². The van der Waals surface area contributed by atoms with E-state index in [9.17, 15) is 9.90 Å². The van der Waals surface area contributed by atoms with Crippen LogP contribution in [0, 0.1) is 5.41 Å². The van der Waals surface area contributed by atoms with Gasteiger partial charge in [-0.15, -0.1) is 12.4 Å². The van der Waals surface area contributed by atoms with Gasteiger partial charge in [0.05, 0.1) is 0 Å². The number of halogens is 1. The zero-order chi connectivity index (χ0) is 27.0. The lowest BCUT2D eigenvalue weighted by Gasteiger charge is -2.41. The molecule has 0 saturated heterocycles. The first-order valence-electron chi connectivity index (χ1n) is 15.0. The van der Waals surface area contributed by atoms with Crippen LogP contribution in [-0.4, -0.2) is 27.9 Å². The van der Waals surface area contributed by atoms with E-state index in [1.165, 1.54) is 109 Å². The van der Waals surface area contributed by atoms with E-state index in [0.717, 1.165) is 19.3 Å². The highest BCUT2D eigenvalue weighted by molar-refractivity contribution is 5.85. The van der Waals surface area contributed by atoms with Gasteiger partial charge in [0.1, 0.15) is 5.72 Å². The molecule has 0 aromatic carbocycles. The van der Waals surface area contributed by atoms with Crippen molar-refractivity contribution in [1.82, 2.24) is 0 Å². The number of hydrogen-bond donors (Lipinski definition) is 4. The van der Waals surface area contributed by atoms with Crippen molar-refractivity contribution in [2.75, 3.05) is 0 Å². The van der Waals surface area contributed by atoms with E-state index >= 15 is 0 Å². The maximum Gasteiger partial charge on any atom is 0.303 e. The van der Waals surface area contributed by atoms with Crippen LogP contribution in [0.15, 0.2) is 0 Å². The molecule has 36 heavy (non-hydrogen) atoms. The first-order valence-corrected chi connectivity index (χ1v) is 15.0. The number of hydrogen-bond acceptors (Lipinski definition) is 4. The molecule has 5 nitrogen and oxygen atoms in total. The van der Waals surface area contributed by atoms with Crippen molar-refractivity contribution in [2.45, 2.75) is 181 Å². The van der Waals surface area contributed by atoms with Crippen molar-refractivity contribution in [2.24, 2.45) is 16.9 Å². The van der Waals surface area contributed by atoms with Crippen molar-refractivity contribution in [3.63, 3.8) is 0 Å². The summed E-state index contributed by atoms with van der Waals surface area (Å²) in [5.74, 6) is -0.651. The monoisotopic (exact) mass is 536 g/mol. The molecule has 0 bridgehead atoms. The molecule has 0 fully saturated rings. The van der Waals surface area contributed by atoms with Gasteiger partial charge in [-0.1, -0.05) is 143 Å². The third-order valence-electron chi connectivity index (χ3n) is 7.67. The number of nitrogens with two attached hydrogens (primary N) is 2. The molecule has 6 heteroatoms. The summed E-state index contributed by atoms with van der Waals surface area (Å²) in [5.41, 5.74) is 9.71. The molecule has 0 aliphatic rings. The van der Waals surface area contributed by atoms with Crippen LogP contribution in [0.3, 0.4) is 0 Å². The van der Waals surface area contributed by atoms with Crippen molar-refractivity contribution >= 4 is 18.4 Å². The molecule has 0 spiro atoms. The molecule has 2 unspecified atom stereocenters. The number of aliphatic carboxylic acids is 1. The second kappa shape index (κ2) is 26.3. The number of carboxylic acid groups (broad SMARTS) is 1. The Kier molecular flexibility index (Phi) is 29.3. The molecular formula is C30H65ClN2O3. The molecule has 0 aliphatic heterocycles. The van der Waals surface area contributed by atoms with Crippen LogP contribution in [0.1, 0.15) is 169 Å². The Labute approximate surface area is 231 Å². The minimum atomic E-state index is -1.21. The van der Waals surface area contributed by atoms with Crippen LogP contribution in [0.25, 0.3) is 0 Å². The van der Waals surface area contributed by atoms with Crippen molar-refractivity contribution in [3.05, 3.63) is 0 Å². The molecular weight excluding hydrogens is 472 g/mol. The molecule has 220 valence electrons. The smallest absolute Gasteiger partial charge is 0.303 e. The van der Waals surface area contributed by atoms with Gasteiger partial charge in [0.15, 0.2) is 0 Å². The van der Waals surface area contributed by atoms with Crippen molar-refractivity contribution in [3.8, 4) is 0 Å². The normalized spacial score (nSPS) is 13.8. The first kappa shape index (κ1) is 40.1. The lowest BCUT2D eigenvalue weighted by atomic mass is 9.75. The average molecular weight is 537 g/mol.